The molecule has 5 rings (SSSR count). The molecule has 1 saturated heterocycles. The van der Waals surface area contributed by atoms with E-state index in [9.17, 15) is 4.79 Å². The highest BCUT2D eigenvalue weighted by Gasteiger charge is 2.26. The van der Waals surface area contributed by atoms with E-state index in [4.69, 9.17) is 16.1 Å². The van der Waals surface area contributed by atoms with Gasteiger partial charge >= 0.3 is 0 Å². The molecule has 3 heterocycles. The zero-order valence-corrected chi connectivity index (χ0v) is 18.2. The Morgan fingerprint density at radius 1 is 1.10 bits per heavy atom. The highest BCUT2D eigenvalue weighted by atomic mass is 35.5. The minimum atomic E-state index is 0.178. The molecule has 1 aliphatic heterocycles. The number of carbonyl (C=O) groups is 1. The normalized spacial score (nSPS) is 17.2. The highest BCUT2D eigenvalue weighted by Crippen LogP contribution is 2.30. The van der Waals surface area contributed by atoms with Crippen molar-refractivity contribution in [2.24, 2.45) is 0 Å². The van der Waals surface area contributed by atoms with Crippen LogP contribution in [0.4, 0.5) is 0 Å². The van der Waals surface area contributed by atoms with Gasteiger partial charge in [0.1, 0.15) is 0 Å². The summed E-state index contributed by atoms with van der Waals surface area (Å²) in [6.07, 6.45) is 4.74. The van der Waals surface area contributed by atoms with Crippen molar-refractivity contribution in [3.8, 4) is 11.4 Å². The molecule has 0 N–H and O–H groups in total. The maximum atomic E-state index is 12.9. The Kier molecular flexibility index (Phi) is 5.58. The number of carbonyl (C=O) groups excluding carboxylic acids is 1. The number of thiophene rings is 1. The second kappa shape index (κ2) is 8.49. The maximum absolute atomic E-state index is 12.9. The van der Waals surface area contributed by atoms with Crippen molar-refractivity contribution in [1.82, 2.24) is 19.9 Å². The van der Waals surface area contributed by atoms with E-state index in [1.165, 1.54) is 23.3 Å². The first-order chi connectivity index (χ1) is 14.7. The van der Waals surface area contributed by atoms with E-state index in [1.54, 1.807) is 11.3 Å². The first-order valence-corrected chi connectivity index (χ1v) is 11.6. The Bertz CT molecular complexity index is 1010. The van der Waals surface area contributed by atoms with Crippen LogP contribution in [0.15, 0.2) is 34.9 Å². The van der Waals surface area contributed by atoms with E-state index in [0.29, 0.717) is 23.3 Å². The average Bonchev–Trinajstić information content (AvgIpc) is 3.41. The fraction of sp³-hybridized carbons (Fsp3) is 0.409. The molecule has 30 heavy (non-hydrogen) atoms. The number of piperazine rings is 1. The summed E-state index contributed by atoms with van der Waals surface area (Å²) in [6.45, 7) is 3.64. The number of fused-ring (bicyclic) bond motifs is 1. The summed E-state index contributed by atoms with van der Waals surface area (Å²) in [7, 11) is 0. The van der Waals surface area contributed by atoms with Crippen LogP contribution in [0.1, 0.15) is 38.8 Å². The maximum Gasteiger partial charge on any atom is 0.264 e. The zero-order chi connectivity index (χ0) is 20.5. The molecule has 0 unspecified atom stereocenters. The van der Waals surface area contributed by atoms with Crippen molar-refractivity contribution in [1.29, 1.82) is 0 Å². The summed E-state index contributed by atoms with van der Waals surface area (Å²) in [4.78, 5) is 24.0. The first kappa shape index (κ1) is 19.7. The molecule has 1 aromatic carbocycles. The molecule has 1 fully saturated rings. The Hall–Kier alpha value is -2.22. The van der Waals surface area contributed by atoms with E-state index in [0.717, 1.165) is 49.5 Å². The number of halogens is 1. The minimum absolute atomic E-state index is 0.178. The number of amides is 1. The van der Waals surface area contributed by atoms with E-state index in [2.05, 4.69) is 21.1 Å². The predicted molar refractivity (Wildman–Crippen MR) is 117 cm³/mol. The van der Waals surface area contributed by atoms with Gasteiger partial charge in [0.25, 0.3) is 5.91 Å². The second-order valence-corrected chi connectivity index (χ2v) is 9.43. The summed E-state index contributed by atoms with van der Waals surface area (Å²) >= 11 is 7.63. The molecule has 0 bridgehead atoms. The fourth-order valence-corrected chi connectivity index (χ4v) is 5.44. The largest absolute Gasteiger partial charge is 0.338 e. The summed E-state index contributed by atoms with van der Waals surface area (Å²) in [5, 5.41) is 4.76. The number of aromatic nitrogens is 2. The molecular formula is C22H23ClN4O2S. The third-order valence-corrected chi connectivity index (χ3v) is 7.27. The molecular weight excluding hydrogens is 420 g/mol. The van der Waals surface area contributed by atoms with Gasteiger partial charge in [0.05, 0.1) is 11.4 Å². The molecule has 1 amide bonds. The van der Waals surface area contributed by atoms with Gasteiger partial charge in [0, 0.05) is 41.6 Å². The molecule has 156 valence electrons. The second-order valence-electron chi connectivity index (χ2n) is 7.85. The van der Waals surface area contributed by atoms with Crippen LogP contribution in [0.25, 0.3) is 11.4 Å². The fourth-order valence-electron chi connectivity index (χ4n) is 4.09. The number of hydrogen-bond donors (Lipinski definition) is 0. The molecule has 2 aromatic heterocycles. The van der Waals surface area contributed by atoms with Gasteiger partial charge in [-0.05, 0) is 61.6 Å². The summed E-state index contributed by atoms with van der Waals surface area (Å²) < 4.78 is 5.43. The van der Waals surface area contributed by atoms with Gasteiger partial charge in [-0.1, -0.05) is 16.8 Å². The van der Waals surface area contributed by atoms with Crippen LogP contribution in [-0.2, 0) is 19.4 Å². The van der Waals surface area contributed by atoms with Crippen molar-refractivity contribution >= 4 is 28.8 Å². The lowest BCUT2D eigenvalue weighted by Crippen LogP contribution is -2.48. The van der Waals surface area contributed by atoms with E-state index in [1.807, 2.05) is 29.2 Å². The van der Waals surface area contributed by atoms with Crippen LogP contribution < -0.4 is 0 Å². The SMILES string of the molecule is O=C(c1cc2c(s1)CCCC2)N1CCN(Cc2nc(-c3ccc(Cl)cc3)no2)CC1. The molecule has 1 aliphatic carbocycles. The highest BCUT2D eigenvalue weighted by molar-refractivity contribution is 7.14. The number of nitrogens with zero attached hydrogens (tertiary/aromatic N) is 4. The Balaban J connectivity index is 1.17. The van der Waals surface area contributed by atoms with Crippen molar-refractivity contribution in [2.45, 2.75) is 32.2 Å². The van der Waals surface area contributed by atoms with Crippen LogP contribution in [0.3, 0.4) is 0 Å². The van der Waals surface area contributed by atoms with Crippen LogP contribution in [0.2, 0.25) is 5.02 Å². The van der Waals surface area contributed by atoms with Crippen molar-refractivity contribution in [2.75, 3.05) is 26.2 Å². The van der Waals surface area contributed by atoms with Gasteiger partial charge in [0.2, 0.25) is 11.7 Å². The number of benzene rings is 1. The van der Waals surface area contributed by atoms with Gasteiger partial charge in [-0.15, -0.1) is 11.3 Å². The number of aryl methyl sites for hydroxylation is 2. The Morgan fingerprint density at radius 2 is 1.87 bits per heavy atom. The monoisotopic (exact) mass is 442 g/mol. The topological polar surface area (TPSA) is 62.5 Å². The summed E-state index contributed by atoms with van der Waals surface area (Å²) in [5.74, 6) is 1.33. The van der Waals surface area contributed by atoms with Crippen molar-refractivity contribution in [3.05, 3.63) is 56.6 Å². The Morgan fingerprint density at radius 3 is 2.63 bits per heavy atom. The molecule has 8 heteroatoms. The Labute approximate surface area is 184 Å². The quantitative estimate of drug-likeness (QED) is 0.603. The number of hydrogen-bond acceptors (Lipinski definition) is 6. The molecule has 0 atom stereocenters. The van der Waals surface area contributed by atoms with Crippen LogP contribution in [0.5, 0.6) is 0 Å². The zero-order valence-electron chi connectivity index (χ0n) is 16.6. The molecule has 0 spiro atoms. The average molecular weight is 443 g/mol. The van der Waals surface area contributed by atoms with Gasteiger partial charge in [-0.3, -0.25) is 9.69 Å². The molecule has 0 saturated carbocycles. The molecule has 0 radical (unpaired) electrons. The van der Waals surface area contributed by atoms with Gasteiger partial charge in [-0.2, -0.15) is 4.98 Å². The van der Waals surface area contributed by atoms with Gasteiger partial charge < -0.3 is 9.42 Å². The lowest BCUT2D eigenvalue weighted by molar-refractivity contribution is 0.0619. The van der Waals surface area contributed by atoms with Crippen LogP contribution in [-0.4, -0.2) is 52.0 Å². The minimum Gasteiger partial charge on any atom is -0.338 e. The standard InChI is InChI=1S/C22H23ClN4O2S/c23-17-7-5-15(6-8-17)21-24-20(29-25-21)14-26-9-11-27(12-10-26)22(28)19-13-16-3-1-2-4-18(16)30-19/h5-8,13H,1-4,9-12,14H2. The summed E-state index contributed by atoms with van der Waals surface area (Å²) in [5.41, 5.74) is 2.27. The van der Waals surface area contributed by atoms with E-state index < -0.39 is 0 Å². The third-order valence-electron chi connectivity index (χ3n) is 5.80. The van der Waals surface area contributed by atoms with Gasteiger partial charge in [0.15, 0.2) is 0 Å². The summed E-state index contributed by atoms with van der Waals surface area (Å²) in [6, 6.07) is 9.51. The number of rotatable bonds is 4. The van der Waals surface area contributed by atoms with Crippen LogP contribution in [0, 0.1) is 0 Å². The van der Waals surface area contributed by atoms with E-state index in [-0.39, 0.29) is 5.91 Å². The van der Waals surface area contributed by atoms with E-state index >= 15 is 0 Å². The van der Waals surface area contributed by atoms with Crippen LogP contribution >= 0.6 is 22.9 Å². The smallest absolute Gasteiger partial charge is 0.264 e. The predicted octanol–water partition coefficient (Wildman–Crippen LogP) is 4.29. The lowest BCUT2D eigenvalue weighted by Gasteiger charge is -2.33. The lowest BCUT2D eigenvalue weighted by atomic mass is 9.99. The molecule has 2 aliphatic rings. The molecule has 6 nitrogen and oxygen atoms in total. The first-order valence-electron chi connectivity index (χ1n) is 10.4. The third kappa shape index (κ3) is 4.15. The molecule has 3 aromatic rings. The van der Waals surface area contributed by atoms with Crippen molar-refractivity contribution < 1.29 is 9.32 Å². The van der Waals surface area contributed by atoms with Crippen molar-refractivity contribution in [3.63, 3.8) is 0 Å². The van der Waals surface area contributed by atoms with Gasteiger partial charge in [-0.25, -0.2) is 0 Å².